The molecule has 0 saturated carbocycles. The molecule has 0 amide bonds. The summed E-state index contributed by atoms with van der Waals surface area (Å²) < 4.78 is 1.92. The molecular weight excluding hydrogens is 376 g/mol. The third kappa shape index (κ3) is 3.50. The number of nitrogens with zero attached hydrogens (tertiary/aromatic N) is 5. The number of rotatable bonds is 2. The van der Waals surface area contributed by atoms with Gasteiger partial charge in [0.25, 0.3) is 0 Å². The van der Waals surface area contributed by atoms with Gasteiger partial charge in [-0.1, -0.05) is 0 Å². The van der Waals surface area contributed by atoms with Gasteiger partial charge in [-0.25, -0.2) is 9.97 Å². The first-order valence-electron chi connectivity index (χ1n) is 10.5. The van der Waals surface area contributed by atoms with Crippen molar-refractivity contribution in [2.24, 2.45) is 0 Å². The highest BCUT2D eigenvalue weighted by atomic mass is 16.1. The lowest BCUT2D eigenvalue weighted by atomic mass is 10.1. The van der Waals surface area contributed by atoms with Crippen LogP contribution in [0.25, 0.3) is 17.3 Å². The number of piperazine rings is 1. The van der Waals surface area contributed by atoms with Crippen molar-refractivity contribution >= 4 is 28.9 Å². The lowest BCUT2D eigenvalue weighted by molar-refractivity contribution is -0.113. The van der Waals surface area contributed by atoms with Gasteiger partial charge in [0, 0.05) is 49.6 Å². The molecule has 1 N–H and O–H groups in total. The number of hydrogen-bond donors (Lipinski definition) is 1. The van der Waals surface area contributed by atoms with Crippen molar-refractivity contribution in [2.45, 2.75) is 45.7 Å². The van der Waals surface area contributed by atoms with E-state index in [4.69, 9.17) is 4.98 Å². The van der Waals surface area contributed by atoms with Gasteiger partial charge in [0.05, 0.1) is 23.3 Å². The molecule has 2 aliphatic rings. The average molecular weight is 403 g/mol. The molecule has 1 fully saturated rings. The number of aryl methyl sites for hydroxylation is 2. The zero-order valence-electron chi connectivity index (χ0n) is 17.6. The van der Waals surface area contributed by atoms with E-state index in [1.54, 1.807) is 6.20 Å². The van der Waals surface area contributed by atoms with Crippen LogP contribution in [0, 0.1) is 6.92 Å². The van der Waals surface area contributed by atoms with E-state index in [-0.39, 0.29) is 5.78 Å². The van der Waals surface area contributed by atoms with Gasteiger partial charge in [-0.15, -0.1) is 0 Å². The van der Waals surface area contributed by atoms with Crippen LogP contribution in [0.1, 0.15) is 42.9 Å². The van der Waals surface area contributed by atoms with E-state index in [2.05, 4.69) is 46.2 Å². The molecule has 4 heterocycles. The predicted octanol–water partition coefficient (Wildman–Crippen LogP) is 2.68. The van der Waals surface area contributed by atoms with Gasteiger partial charge in [0.15, 0.2) is 11.4 Å². The minimum Gasteiger partial charge on any atom is -0.354 e. The number of nitrogens with one attached hydrogen (secondary N) is 1. The molecular formula is C23H26N6O. The van der Waals surface area contributed by atoms with Gasteiger partial charge in [0.2, 0.25) is 0 Å². The summed E-state index contributed by atoms with van der Waals surface area (Å²) in [4.78, 5) is 29.1. The van der Waals surface area contributed by atoms with Crippen molar-refractivity contribution in [3.63, 3.8) is 0 Å². The van der Waals surface area contributed by atoms with Crippen LogP contribution < -0.4 is 10.2 Å². The zero-order chi connectivity index (χ0) is 20.8. The Balaban J connectivity index is 1.51. The molecule has 1 aliphatic heterocycles. The summed E-state index contributed by atoms with van der Waals surface area (Å²) in [5, 5.41) is 3.56. The van der Waals surface area contributed by atoms with Crippen molar-refractivity contribution < 1.29 is 4.79 Å². The number of Topliss-reactive ketones (excluding diaryl/α,β-unsaturated/α-hetero) is 1. The summed E-state index contributed by atoms with van der Waals surface area (Å²) in [5.41, 5.74) is 4.97. The molecule has 3 aromatic heterocycles. The Bertz CT molecular complexity index is 1150. The number of ketones is 1. The SMILES string of the molecule is Cc1cn2cc(C3=Cc4ccc(N5C[C@@H](C)N[C@@H](C)C5)nc4CCC3=O)nc2cn1. The molecule has 1 aliphatic carbocycles. The maximum atomic E-state index is 12.9. The number of anilines is 1. The Morgan fingerprint density at radius 3 is 2.67 bits per heavy atom. The fourth-order valence-electron chi connectivity index (χ4n) is 4.47. The standard InChI is InChI=1S/C23H26N6O/c1-14-10-29-13-20(27-23(29)9-24-14)18-8-17-4-7-22(26-19(17)5-6-21(18)30)28-11-15(2)25-16(3)12-28/h4,7-10,13,15-16,25H,5-6,11-12H2,1-3H3/t15-,16+. The number of allylic oxidation sites excluding steroid dienone is 1. The molecule has 154 valence electrons. The summed E-state index contributed by atoms with van der Waals surface area (Å²) in [6.45, 7) is 8.21. The Hall–Kier alpha value is -3.06. The van der Waals surface area contributed by atoms with Gasteiger partial charge in [-0.3, -0.25) is 9.78 Å². The zero-order valence-corrected chi connectivity index (χ0v) is 17.6. The van der Waals surface area contributed by atoms with Crippen LogP contribution in [0.4, 0.5) is 5.82 Å². The summed E-state index contributed by atoms with van der Waals surface area (Å²) in [7, 11) is 0. The van der Waals surface area contributed by atoms with Crippen LogP contribution in [-0.2, 0) is 11.2 Å². The summed E-state index contributed by atoms with van der Waals surface area (Å²) in [6, 6.07) is 5.02. The van der Waals surface area contributed by atoms with E-state index in [1.807, 2.05) is 29.8 Å². The molecule has 7 nitrogen and oxygen atoms in total. The summed E-state index contributed by atoms with van der Waals surface area (Å²) >= 11 is 0. The fraction of sp³-hybridized carbons (Fsp3) is 0.391. The monoisotopic (exact) mass is 402 g/mol. The lowest BCUT2D eigenvalue weighted by Crippen LogP contribution is -2.54. The Morgan fingerprint density at radius 1 is 1.07 bits per heavy atom. The van der Waals surface area contributed by atoms with Crippen molar-refractivity contribution in [1.82, 2.24) is 24.7 Å². The number of imidazole rings is 1. The Morgan fingerprint density at radius 2 is 1.87 bits per heavy atom. The van der Waals surface area contributed by atoms with Crippen molar-refractivity contribution in [3.8, 4) is 0 Å². The first-order chi connectivity index (χ1) is 14.5. The van der Waals surface area contributed by atoms with Crippen LogP contribution in [0.2, 0.25) is 0 Å². The average Bonchev–Trinajstić information content (AvgIpc) is 3.04. The van der Waals surface area contributed by atoms with E-state index in [0.717, 1.165) is 41.5 Å². The highest BCUT2D eigenvalue weighted by Gasteiger charge is 2.24. The van der Waals surface area contributed by atoms with Crippen LogP contribution in [0.3, 0.4) is 0 Å². The van der Waals surface area contributed by atoms with Gasteiger partial charge in [-0.05, 0) is 51.0 Å². The molecule has 7 heteroatoms. The van der Waals surface area contributed by atoms with Gasteiger partial charge >= 0.3 is 0 Å². The molecule has 0 radical (unpaired) electrons. The van der Waals surface area contributed by atoms with E-state index in [0.29, 0.717) is 36.2 Å². The van der Waals surface area contributed by atoms with E-state index in [1.165, 1.54) is 0 Å². The second kappa shape index (κ2) is 7.32. The van der Waals surface area contributed by atoms with Crippen LogP contribution in [0.15, 0.2) is 30.7 Å². The maximum absolute atomic E-state index is 12.9. The topological polar surface area (TPSA) is 75.4 Å². The van der Waals surface area contributed by atoms with E-state index < -0.39 is 0 Å². The minimum atomic E-state index is 0.104. The van der Waals surface area contributed by atoms with Gasteiger partial charge in [-0.2, -0.15) is 0 Å². The van der Waals surface area contributed by atoms with Crippen LogP contribution in [0.5, 0.6) is 0 Å². The third-order valence-electron chi connectivity index (χ3n) is 5.81. The number of hydrogen-bond acceptors (Lipinski definition) is 6. The number of carbonyl (C=O) groups excluding carboxylic acids is 1. The van der Waals surface area contributed by atoms with Gasteiger partial charge < -0.3 is 14.6 Å². The lowest BCUT2D eigenvalue weighted by Gasteiger charge is -2.37. The third-order valence-corrected chi connectivity index (χ3v) is 5.81. The normalized spacial score (nSPS) is 22.0. The van der Waals surface area contributed by atoms with Crippen LogP contribution >= 0.6 is 0 Å². The number of aromatic nitrogens is 4. The summed E-state index contributed by atoms with van der Waals surface area (Å²) in [6.07, 6.45) is 8.60. The fourth-order valence-corrected chi connectivity index (χ4v) is 4.47. The number of carbonyl (C=O) groups is 1. The second-order valence-corrected chi connectivity index (χ2v) is 8.48. The predicted molar refractivity (Wildman–Crippen MR) is 117 cm³/mol. The first kappa shape index (κ1) is 18.9. The molecule has 0 spiro atoms. The van der Waals surface area contributed by atoms with Crippen molar-refractivity contribution in [2.75, 3.05) is 18.0 Å². The van der Waals surface area contributed by atoms with E-state index >= 15 is 0 Å². The molecule has 30 heavy (non-hydrogen) atoms. The Kier molecular flexibility index (Phi) is 4.62. The maximum Gasteiger partial charge on any atom is 0.165 e. The molecule has 1 saturated heterocycles. The molecule has 0 unspecified atom stereocenters. The molecule has 5 rings (SSSR count). The first-order valence-corrected chi connectivity index (χ1v) is 10.5. The van der Waals surface area contributed by atoms with Gasteiger partial charge in [0.1, 0.15) is 5.82 Å². The number of fused-ring (bicyclic) bond motifs is 2. The molecule has 0 aromatic carbocycles. The molecule has 0 bridgehead atoms. The smallest absolute Gasteiger partial charge is 0.165 e. The quantitative estimate of drug-likeness (QED) is 0.710. The van der Waals surface area contributed by atoms with Crippen molar-refractivity contribution in [3.05, 3.63) is 53.4 Å². The van der Waals surface area contributed by atoms with Crippen molar-refractivity contribution in [1.29, 1.82) is 0 Å². The highest BCUT2D eigenvalue weighted by molar-refractivity contribution is 6.25. The number of pyridine rings is 1. The molecule has 2 atom stereocenters. The largest absolute Gasteiger partial charge is 0.354 e. The van der Waals surface area contributed by atoms with Crippen LogP contribution in [-0.4, -0.2) is 50.3 Å². The summed E-state index contributed by atoms with van der Waals surface area (Å²) in [5.74, 6) is 1.10. The molecule has 3 aromatic rings. The second-order valence-electron chi connectivity index (χ2n) is 8.48. The minimum absolute atomic E-state index is 0.104. The van der Waals surface area contributed by atoms with E-state index in [9.17, 15) is 4.79 Å². The highest BCUT2D eigenvalue weighted by Crippen LogP contribution is 2.28. The Labute approximate surface area is 175 Å².